The fraction of sp³-hybridized carbons (Fsp3) is 0. The van der Waals surface area contributed by atoms with Gasteiger partial charge in [0.15, 0.2) is 0 Å². The number of anilines is 3. The van der Waals surface area contributed by atoms with Crippen LogP contribution in [0.15, 0.2) is 65.7 Å². The molecule has 134 valence electrons. The third kappa shape index (κ3) is 4.12. The average Bonchev–Trinajstić information content (AvgIpc) is 2.59. The molecule has 2 N–H and O–H groups in total. The number of nitrogens with one attached hydrogen (secondary N) is 2. The van der Waals surface area contributed by atoms with Crippen molar-refractivity contribution in [3.8, 4) is 0 Å². The van der Waals surface area contributed by atoms with Crippen LogP contribution in [0.4, 0.5) is 30.4 Å². The molecule has 0 fully saturated rings. The highest BCUT2D eigenvalue weighted by Crippen LogP contribution is 2.21. The van der Waals surface area contributed by atoms with Gasteiger partial charge in [0.05, 0.1) is 22.5 Å². The molecule has 0 aliphatic rings. The van der Waals surface area contributed by atoms with Crippen molar-refractivity contribution in [3.63, 3.8) is 0 Å². The Labute approximate surface area is 147 Å². The second-order valence-electron chi connectivity index (χ2n) is 5.24. The Morgan fingerprint density at radius 2 is 1.54 bits per heavy atom. The maximum absolute atomic E-state index is 13.6. The van der Waals surface area contributed by atoms with E-state index in [2.05, 4.69) is 15.0 Å². The monoisotopic (exact) mass is 379 g/mol. The molecule has 0 spiro atoms. The fourth-order valence-corrected chi connectivity index (χ4v) is 3.13. The number of sulfonamides is 1. The van der Waals surface area contributed by atoms with E-state index < -0.39 is 27.5 Å². The molecule has 0 aliphatic heterocycles. The van der Waals surface area contributed by atoms with E-state index in [-0.39, 0.29) is 22.1 Å². The molecular formula is C17H12F3N3O2S. The van der Waals surface area contributed by atoms with Crippen LogP contribution in [0.25, 0.3) is 0 Å². The van der Waals surface area contributed by atoms with E-state index in [0.29, 0.717) is 0 Å². The normalized spacial score (nSPS) is 11.2. The van der Waals surface area contributed by atoms with Crippen LogP contribution in [-0.4, -0.2) is 13.4 Å². The van der Waals surface area contributed by atoms with Crippen LogP contribution in [0, 0.1) is 17.5 Å². The number of benzene rings is 2. The Morgan fingerprint density at radius 1 is 0.846 bits per heavy atom. The highest BCUT2D eigenvalue weighted by molar-refractivity contribution is 7.92. The van der Waals surface area contributed by atoms with Gasteiger partial charge in [0.2, 0.25) is 0 Å². The predicted octanol–water partition coefficient (Wildman–Crippen LogP) is 4.04. The van der Waals surface area contributed by atoms with Crippen LogP contribution in [0.1, 0.15) is 0 Å². The molecule has 0 bridgehead atoms. The zero-order valence-electron chi connectivity index (χ0n) is 13.1. The highest BCUT2D eigenvalue weighted by Gasteiger charge is 2.14. The van der Waals surface area contributed by atoms with Gasteiger partial charge >= 0.3 is 0 Å². The summed E-state index contributed by atoms with van der Waals surface area (Å²) in [5.74, 6) is -1.80. The van der Waals surface area contributed by atoms with Crippen molar-refractivity contribution in [2.45, 2.75) is 4.90 Å². The molecule has 0 saturated heterocycles. The quantitative estimate of drug-likeness (QED) is 0.702. The summed E-state index contributed by atoms with van der Waals surface area (Å²) in [4.78, 5) is 3.87. The first-order chi connectivity index (χ1) is 12.3. The van der Waals surface area contributed by atoms with Gasteiger partial charge in [-0.2, -0.15) is 0 Å². The average molecular weight is 379 g/mol. The first kappa shape index (κ1) is 17.7. The minimum Gasteiger partial charge on any atom is -0.338 e. The number of hydrogen-bond donors (Lipinski definition) is 2. The lowest BCUT2D eigenvalue weighted by atomic mass is 10.3. The lowest BCUT2D eigenvalue weighted by Crippen LogP contribution is -2.13. The van der Waals surface area contributed by atoms with E-state index in [0.717, 1.165) is 36.4 Å². The predicted molar refractivity (Wildman–Crippen MR) is 91.1 cm³/mol. The van der Waals surface area contributed by atoms with Crippen LogP contribution in [0.3, 0.4) is 0 Å². The molecule has 26 heavy (non-hydrogen) atoms. The lowest BCUT2D eigenvalue weighted by Gasteiger charge is -2.10. The van der Waals surface area contributed by atoms with Crippen molar-refractivity contribution in [1.29, 1.82) is 0 Å². The third-order valence-electron chi connectivity index (χ3n) is 3.33. The van der Waals surface area contributed by atoms with Crippen molar-refractivity contribution in [3.05, 3.63) is 78.2 Å². The molecule has 1 aromatic heterocycles. The summed E-state index contributed by atoms with van der Waals surface area (Å²) in [6, 6.07) is 10.2. The molecule has 0 unspecified atom stereocenters. The summed E-state index contributed by atoms with van der Waals surface area (Å²) < 4.78 is 66.1. The number of halogens is 3. The van der Waals surface area contributed by atoms with Gasteiger partial charge in [-0.3, -0.25) is 4.72 Å². The molecular weight excluding hydrogens is 367 g/mol. The summed E-state index contributed by atoms with van der Waals surface area (Å²) in [6.45, 7) is 0. The summed E-state index contributed by atoms with van der Waals surface area (Å²) in [6.07, 6.45) is 1.23. The Bertz CT molecular complexity index is 1020. The molecule has 1 heterocycles. The molecule has 0 saturated carbocycles. The van der Waals surface area contributed by atoms with Gasteiger partial charge in [-0.15, -0.1) is 0 Å². The zero-order valence-corrected chi connectivity index (χ0v) is 13.9. The van der Waals surface area contributed by atoms with Gasteiger partial charge in [-0.1, -0.05) is 0 Å². The summed E-state index contributed by atoms with van der Waals surface area (Å²) >= 11 is 0. The van der Waals surface area contributed by atoms with E-state index in [1.807, 2.05) is 0 Å². The van der Waals surface area contributed by atoms with Gasteiger partial charge in [-0.25, -0.2) is 26.6 Å². The van der Waals surface area contributed by atoms with Gasteiger partial charge in [0.25, 0.3) is 10.0 Å². The van der Waals surface area contributed by atoms with Gasteiger partial charge < -0.3 is 5.32 Å². The number of hydrogen-bond acceptors (Lipinski definition) is 4. The van der Waals surface area contributed by atoms with Crippen LogP contribution in [0.5, 0.6) is 0 Å². The molecule has 9 heteroatoms. The second kappa shape index (κ2) is 7.04. The van der Waals surface area contributed by atoms with Crippen molar-refractivity contribution in [2.24, 2.45) is 0 Å². The van der Waals surface area contributed by atoms with Gasteiger partial charge in [0.1, 0.15) is 23.3 Å². The number of nitrogens with zero attached hydrogens (tertiary/aromatic N) is 1. The fourth-order valence-electron chi connectivity index (χ4n) is 2.08. The molecule has 0 atom stereocenters. The van der Waals surface area contributed by atoms with E-state index >= 15 is 0 Å². The Kier molecular flexibility index (Phi) is 4.81. The van der Waals surface area contributed by atoms with E-state index in [1.54, 1.807) is 0 Å². The topological polar surface area (TPSA) is 71.1 Å². The van der Waals surface area contributed by atoms with Crippen molar-refractivity contribution in [2.75, 3.05) is 10.0 Å². The minimum absolute atomic E-state index is 0.0264. The van der Waals surface area contributed by atoms with Gasteiger partial charge in [0, 0.05) is 6.07 Å². The highest BCUT2D eigenvalue weighted by atomic mass is 32.2. The molecule has 0 amide bonds. The molecule has 0 aliphatic carbocycles. The SMILES string of the molecule is O=S(=O)(Nc1ccc(Nc2ccc(F)cc2F)nc1)c1ccc(F)cc1. The smallest absolute Gasteiger partial charge is 0.261 e. The summed E-state index contributed by atoms with van der Waals surface area (Å²) in [5.41, 5.74) is 0.193. The largest absolute Gasteiger partial charge is 0.338 e. The Hall–Kier alpha value is -3.07. The maximum Gasteiger partial charge on any atom is 0.261 e. The van der Waals surface area contributed by atoms with E-state index in [1.165, 1.54) is 24.4 Å². The van der Waals surface area contributed by atoms with Crippen LogP contribution >= 0.6 is 0 Å². The van der Waals surface area contributed by atoms with Crippen molar-refractivity contribution in [1.82, 2.24) is 4.98 Å². The number of rotatable bonds is 5. The van der Waals surface area contributed by atoms with Crippen molar-refractivity contribution < 1.29 is 21.6 Å². The lowest BCUT2D eigenvalue weighted by molar-refractivity contribution is 0.586. The first-order valence-electron chi connectivity index (χ1n) is 7.30. The number of aromatic nitrogens is 1. The van der Waals surface area contributed by atoms with Crippen molar-refractivity contribution >= 4 is 27.2 Å². The second-order valence-corrected chi connectivity index (χ2v) is 6.92. The summed E-state index contributed by atoms with van der Waals surface area (Å²) in [7, 11) is -3.89. The van der Waals surface area contributed by atoms with Crippen LogP contribution in [-0.2, 0) is 10.0 Å². The zero-order chi connectivity index (χ0) is 18.7. The molecule has 0 radical (unpaired) electrons. The molecule has 5 nitrogen and oxygen atoms in total. The van der Waals surface area contributed by atoms with Crippen LogP contribution in [0.2, 0.25) is 0 Å². The van der Waals surface area contributed by atoms with E-state index in [4.69, 9.17) is 0 Å². The van der Waals surface area contributed by atoms with Crippen LogP contribution < -0.4 is 10.0 Å². The molecule has 3 rings (SSSR count). The van der Waals surface area contributed by atoms with E-state index in [9.17, 15) is 21.6 Å². The maximum atomic E-state index is 13.6. The molecule has 2 aromatic carbocycles. The minimum atomic E-state index is -3.89. The third-order valence-corrected chi connectivity index (χ3v) is 4.73. The van der Waals surface area contributed by atoms with Gasteiger partial charge in [-0.05, 0) is 48.5 Å². The Morgan fingerprint density at radius 3 is 2.15 bits per heavy atom. The summed E-state index contributed by atoms with van der Waals surface area (Å²) in [5, 5.41) is 2.66. The first-order valence-corrected chi connectivity index (χ1v) is 8.78. The molecule has 3 aromatic rings. The number of pyridine rings is 1. The standard InChI is InChI=1S/C17H12F3N3O2S/c18-11-1-5-14(6-2-11)26(24,25)23-13-4-8-17(21-10-13)22-16-7-3-12(19)9-15(16)20/h1-10,23H,(H,21,22). The Balaban J connectivity index is 1.74.